The van der Waals surface area contributed by atoms with Crippen LogP contribution in [0.2, 0.25) is 0 Å². The van der Waals surface area contributed by atoms with Gasteiger partial charge in [0.15, 0.2) is 5.78 Å². The van der Waals surface area contributed by atoms with E-state index in [4.69, 9.17) is 4.42 Å². The minimum Gasteiger partial charge on any atom is -0.460 e. The Morgan fingerprint density at radius 2 is 1.80 bits per heavy atom. The second-order valence-electron chi connectivity index (χ2n) is 5.95. The second kappa shape index (κ2) is 6.00. The standard InChI is InChI=1S/C18H14BrNO4S/c19-11-4-7-13(8-5-11)25(22,23)20-12-6-9-16-14(10-12)18-15(21)2-1-3-17(18)24-16/h4-10,20H,1-3H2. The summed E-state index contributed by atoms with van der Waals surface area (Å²) in [4.78, 5) is 12.4. The van der Waals surface area contributed by atoms with Crippen molar-refractivity contribution in [3.63, 3.8) is 0 Å². The molecule has 3 aromatic rings. The van der Waals surface area contributed by atoms with Crippen LogP contribution in [0, 0.1) is 0 Å². The second-order valence-corrected chi connectivity index (χ2v) is 8.55. The maximum absolute atomic E-state index is 12.5. The van der Waals surface area contributed by atoms with Crippen LogP contribution < -0.4 is 4.72 Å². The number of aryl methyl sites for hydroxylation is 1. The number of carbonyl (C=O) groups excluding carboxylic acids is 1. The molecule has 0 saturated heterocycles. The van der Waals surface area contributed by atoms with Crippen molar-refractivity contribution >= 4 is 48.4 Å². The zero-order valence-electron chi connectivity index (χ0n) is 13.1. The predicted molar refractivity (Wildman–Crippen MR) is 98.4 cm³/mol. The van der Waals surface area contributed by atoms with E-state index in [0.29, 0.717) is 34.4 Å². The zero-order chi connectivity index (χ0) is 17.6. The van der Waals surface area contributed by atoms with Crippen LogP contribution >= 0.6 is 15.9 Å². The first-order chi connectivity index (χ1) is 11.9. The molecular weight excluding hydrogens is 406 g/mol. The summed E-state index contributed by atoms with van der Waals surface area (Å²) in [5.41, 5.74) is 1.59. The number of benzene rings is 2. The Labute approximate surface area is 153 Å². The Kier molecular flexibility index (Phi) is 3.92. The van der Waals surface area contributed by atoms with Gasteiger partial charge in [-0.05, 0) is 48.9 Å². The molecule has 0 bridgehead atoms. The van der Waals surface area contributed by atoms with E-state index in [-0.39, 0.29) is 10.7 Å². The Bertz CT molecular complexity index is 1080. The maximum Gasteiger partial charge on any atom is 0.261 e. The molecule has 1 aliphatic carbocycles. The van der Waals surface area contributed by atoms with E-state index in [1.165, 1.54) is 12.1 Å². The summed E-state index contributed by atoms with van der Waals surface area (Å²) in [6.07, 6.45) is 2.01. The Balaban J connectivity index is 1.73. The lowest BCUT2D eigenvalue weighted by atomic mass is 9.94. The summed E-state index contributed by atoms with van der Waals surface area (Å²) in [6, 6.07) is 11.4. The molecule has 128 valence electrons. The van der Waals surface area contributed by atoms with E-state index in [9.17, 15) is 13.2 Å². The lowest BCUT2D eigenvalue weighted by Gasteiger charge is -2.09. The Hall–Kier alpha value is -2.12. The quantitative estimate of drug-likeness (QED) is 0.676. The maximum atomic E-state index is 12.5. The summed E-state index contributed by atoms with van der Waals surface area (Å²) in [7, 11) is -3.70. The fraction of sp³-hybridized carbons (Fsp3) is 0.167. The molecule has 0 fully saturated rings. The highest BCUT2D eigenvalue weighted by Gasteiger charge is 2.25. The van der Waals surface area contributed by atoms with Crippen LogP contribution in [0.4, 0.5) is 5.69 Å². The first-order valence-electron chi connectivity index (χ1n) is 7.81. The van der Waals surface area contributed by atoms with Crippen LogP contribution in [0.3, 0.4) is 0 Å². The van der Waals surface area contributed by atoms with Gasteiger partial charge < -0.3 is 4.42 Å². The predicted octanol–water partition coefficient (Wildman–Crippen LogP) is 4.52. The van der Waals surface area contributed by atoms with Gasteiger partial charge in [0.1, 0.15) is 11.3 Å². The van der Waals surface area contributed by atoms with Gasteiger partial charge in [-0.15, -0.1) is 0 Å². The fourth-order valence-electron chi connectivity index (χ4n) is 3.06. The highest BCUT2D eigenvalue weighted by molar-refractivity contribution is 9.10. The number of rotatable bonds is 3. The molecule has 0 radical (unpaired) electrons. The first kappa shape index (κ1) is 16.4. The van der Waals surface area contributed by atoms with Gasteiger partial charge in [0.25, 0.3) is 10.0 Å². The van der Waals surface area contributed by atoms with E-state index in [0.717, 1.165) is 17.3 Å². The van der Waals surface area contributed by atoms with Gasteiger partial charge in [0.2, 0.25) is 0 Å². The number of sulfonamides is 1. The molecule has 0 spiro atoms. The number of nitrogens with one attached hydrogen (secondary N) is 1. The van der Waals surface area contributed by atoms with Crippen molar-refractivity contribution in [2.24, 2.45) is 0 Å². The van der Waals surface area contributed by atoms with Crippen molar-refractivity contribution in [1.82, 2.24) is 0 Å². The van der Waals surface area contributed by atoms with Crippen molar-refractivity contribution in [3.05, 3.63) is 58.3 Å². The lowest BCUT2D eigenvalue weighted by Crippen LogP contribution is -2.13. The molecule has 1 aliphatic rings. The minimum absolute atomic E-state index is 0.0490. The summed E-state index contributed by atoms with van der Waals surface area (Å²) < 4.78 is 34.2. The number of Topliss-reactive ketones (excluding diaryl/α,β-unsaturated/α-hetero) is 1. The molecule has 0 aliphatic heterocycles. The highest BCUT2D eigenvalue weighted by atomic mass is 79.9. The first-order valence-corrected chi connectivity index (χ1v) is 10.1. The van der Waals surface area contributed by atoms with Gasteiger partial charge >= 0.3 is 0 Å². The number of furan rings is 1. The van der Waals surface area contributed by atoms with Crippen LogP contribution in [0.1, 0.15) is 29.0 Å². The van der Waals surface area contributed by atoms with Crippen molar-refractivity contribution in [2.75, 3.05) is 4.72 Å². The molecule has 2 aromatic carbocycles. The molecule has 0 unspecified atom stereocenters. The van der Waals surface area contributed by atoms with Gasteiger partial charge in [-0.25, -0.2) is 8.42 Å². The van der Waals surface area contributed by atoms with E-state index in [2.05, 4.69) is 20.7 Å². The Morgan fingerprint density at radius 1 is 1.04 bits per heavy atom. The topological polar surface area (TPSA) is 76.4 Å². The number of halogens is 1. The van der Waals surface area contributed by atoms with Gasteiger partial charge in [-0.3, -0.25) is 9.52 Å². The summed E-state index contributed by atoms with van der Waals surface area (Å²) >= 11 is 3.28. The van der Waals surface area contributed by atoms with Crippen molar-refractivity contribution in [1.29, 1.82) is 0 Å². The van der Waals surface area contributed by atoms with Gasteiger partial charge in [0.05, 0.1) is 10.5 Å². The molecule has 0 saturated carbocycles. The van der Waals surface area contributed by atoms with Gasteiger partial charge in [-0.1, -0.05) is 15.9 Å². The molecule has 0 atom stereocenters. The number of hydrogen-bond acceptors (Lipinski definition) is 4. The third-order valence-corrected chi connectivity index (χ3v) is 6.15. The number of ketones is 1. The van der Waals surface area contributed by atoms with Crippen LogP contribution in [-0.4, -0.2) is 14.2 Å². The number of carbonyl (C=O) groups is 1. The zero-order valence-corrected chi connectivity index (χ0v) is 15.5. The molecule has 0 amide bonds. The smallest absolute Gasteiger partial charge is 0.261 e. The van der Waals surface area contributed by atoms with Gasteiger partial charge in [-0.2, -0.15) is 0 Å². The highest BCUT2D eigenvalue weighted by Crippen LogP contribution is 2.33. The average molecular weight is 420 g/mol. The summed E-state index contributed by atoms with van der Waals surface area (Å²) in [5.74, 6) is 0.743. The summed E-state index contributed by atoms with van der Waals surface area (Å²) in [5, 5.41) is 0.663. The molecule has 4 rings (SSSR count). The minimum atomic E-state index is -3.70. The van der Waals surface area contributed by atoms with Gasteiger partial charge in [0, 0.05) is 28.4 Å². The molecule has 1 heterocycles. The third-order valence-electron chi connectivity index (χ3n) is 4.22. The van der Waals surface area contributed by atoms with Crippen LogP contribution in [-0.2, 0) is 16.4 Å². The average Bonchev–Trinajstić information content (AvgIpc) is 2.94. The molecule has 25 heavy (non-hydrogen) atoms. The van der Waals surface area contributed by atoms with E-state index >= 15 is 0 Å². The SMILES string of the molecule is O=C1CCCc2oc3ccc(NS(=O)(=O)c4ccc(Br)cc4)cc3c21. The molecule has 7 heteroatoms. The van der Waals surface area contributed by atoms with Crippen molar-refractivity contribution in [3.8, 4) is 0 Å². The van der Waals surface area contributed by atoms with E-state index in [1.54, 1.807) is 30.3 Å². The Morgan fingerprint density at radius 3 is 2.56 bits per heavy atom. The van der Waals surface area contributed by atoms with Crippen LogP contribution in [0.5, 0.6) is 0 Å². The molecule has 1 N–H and O–H groups in total. The monoisotopic (exact) mass is 419 g/mol. The van der Waals surface area contributed by atoms with Crippen molar-refractivity contribution < 1.29 is 17.6 Å². The molecule has 5 nitrogen and oxygen atoms in total. The lowest BCUT2D eigenvalue weighted by molar-refractivity contribution is 0.0971. The molecular formula is C18H14BrNO4S. The normalized spacial score (nSPS) is 14.5. The summed E-state index contributed by atoms with van der Waals surface area (Å²) in [6.45, 7) is 0. The third kappa shape index (κ3) is 2.98. The van der Waals surface area contributed by atoms with Crippen LogP contribution in [0.15, 0.2) is 56.2 Å². The fourth-order valence-corrected chi connectivity index (χ4v) is 4.37. The number of anilines is 1. The van der Waals surface area contributed by atoms with Crippen molar-refractivity contribution in [2.45, 2.75) is 24.2 Å². The largest absolute Gasteiger partial charge is 0.460 e. The number of hydrogen-bond donors (Lipinski definition) is 1. The van der Waals surface area contributed by atoms with Crippen LogP contribution in [0.25, 0.3) is 11.0 Å². The molecule has 1 aromatic heterocycles. The van der Waals surface area contributed by atoms with E-state index < -0.39 is 10.0 Å². The number of fused-ring (bicyclic) bond motifs is 3. The van der Waals surface area contributed by atoms with E-state index in [1.807, 2.05) is 0 Å².